The highest BCUT2D eigenvalue weighted by molar-refractivity contribution is 7.80. The van der Waals surface area contributed by atoms with E-state index in [1.54, 1.807) is 25.1 Å². The lowest BCUT2D eigenvalue weighted by molar-refractivity contribution is 0.0887. The van der Waals surface area contributed by atoms with Crippen LogP contribution in [0, 0.1) is 6.92 Å². The first kappa shape index (κ1) is 15.7. The van der Waals surface area contributed by atoms with Crippen molar-refractivity contribution in [3.8, 4) is 5.75 Å². The number of carbonyl (C=O) groups excluding carboxylic acids is 1. The summed E-state index contributed by atoms with van der Waals surface area (Å²) in [7, 11) is 2.03. The highest BCUT2D eigenvalue weighted by Crippen LogP contribution is 2.26. The lowest BCUT2D eigenvalue weighted by Gasteiger charge is -2.40. The van der Waals surface area contributed by atoms with Crippen LogP contribution in [0.25, 0.3) is 0 Å². The van der Waals surface area contributed by atoms with Gasteiger partial charge in [0.25, 0.3) is 5.91 Å². The average molecular weight is 307 g/mol. The number of nitrogens with two attached hydrogens (primary N) is 1. The summed E-state index contributed by atoms with van der Waals surface area (Å²) in [6.07, 6.45) is 1.36. The third kappa shape index (κ3) is 3.16. The van der Waals surface area contributed by atoms with Crippen LogP contribution in [0.2, 0.25) is 0 Å². The van der Waals surface area contributed by atoms with Crippen molar-refractivity contribution in [2.75, 3.05) is 20.1 Å². The zero-order valence-corrected chi connectivity index (χ0v) is 13.2. The molecule has 1 saturated heterocycles. The van der Waals surface area contributed by atoms with Gasteiger partial charge in [-0.15, -0.1) is 0 Å². The number of phenolic OH excluding ortho intramolecular Hbond substituents is 1. The molecule has 1 aliphatic heterocycles. The lowest BCUT2D eigenvalue weighted by atomic mass is 9.87. The average Bonchev–Trinajstić information content (AvgIpc) is 2.44. The van der Waals surface area contributed by atoms with E-state index in [9.17, 15) is 9.90 Å². The van der Waals surface area contributed by atoms with Crippen molar-refractivity contribution in [3.63, 3.8) is 0 Å². The maximum atomic E-state index is 12.5. The number of para-hydroxylation sites is 1. The maximum absolute atomic E-state index is 12.5. The summed E-state index contributed by atoms with van der Waals surface area (Å²) >= 11 is 5.18. The number of aryl methyl sites for hydroxylation is 1. The predicted molar refractivity (Wildman–Crippen MR) is 86.6 cm³/mol. The van der Waals surface area contributed by atoms with E-state index in [2.05, 4.69) is 10.2 Å². The molecule has 114 valence electrons. The fourth-order valence-electron chi connectivity index (χ4n) is 2.56. The molecule has 0 atom stereocenters. The molecule has 0 aromatic heterocycles. The van der Waals surface area contributed by atoms with Gasteiger partial charge in [-0.3, -0.25) is 4.79 Å². The number of nitrogens with one attached hydrogen (secondary N) is 1. The van der Waals surface area contributed by atoms with Crippen molar-refractivity contribution in [2.45, 2.75) is 25.3 Å². The number of nitrogens with zero attached hydrogens (tertiary/aromatic N) is 1. The van der Waals surface area contributed by atoms with E-state index in [0.29, 0.717) is 23.4 Å². The molecule has 21 heavy (non-hydrogen) atoms. The van der Waals surface area contributed by atoms with Crippen LogP contribution >= 0.6 is 12.2 Å². The van der Waals surface area contributed by atoms with Crippen LogP contribution in [-0.2, 0) is 0 Å². The van der Waals surface area contributed by atoms with E-state index >= 15 is 0 Å². The number of piperidine rings is 1. The van der Waals surface area contributed by atoms with Gasteiger partial charge in [-0.05, 0) is 38.4 Å². The molecule has 0 saturated carbocycles. The zero-order chi connectivity index (χ0) is 15.6. The zero-order valence-electron chi connectivity index (χ0n) is 12.3. The summed E-state index contributed by atoms with van der Waals surface area (Å²) in [5.41, 5.74) is 6.12. The monoisotopic (exact) mass is 307 g/mol. The van der Waals surface area contributed by atoms with Gasteiger partial charge in [-0.2, -0.15) is 0 Å². The van der Waals surface area contributed by atoms with Crippen molar-refractivity contribution in [3.05, 3.63) is 29.3 Å². The molecule has 0 spiro atoms. The van der Waals surface area contributed by atoms with Gasteiger partial charge in [0.15, 0.2) is 0 Å². The summed E-state index contributed by atoms with van der Waals surface area (Å²) in [6, 6.07) is 5.09. The number of benzene rings is 1. The number of likely N-dealkylation sites (tertiary alicyclic amines) is 1. The molecule has 0 aliphatic carbocycles. The van der Waals surface area contributed by atoms with Gasteiger partial charge in [0.2, 0.25) is 0 Å². The number of hydrogen-bond donors (Lipinski definition) is 3. The Hall–Kier alpha value is -1.66. The minimum absolute atomic E-state index is 0.000942. The van der Waals surface area contributed by atoms with Crippen LogP contribution in [-0.4, -0.2) is 46.6 Å². The van der Waals surface area contributed by atoms with Crippen LogP contribution in [0.3, 0.4) is 0 Å². The second-order valence-electron chi connectivity index (χ2n) is 5.67. The minimum Gasteiger partial charge on any atom is -0.507 e. The topological polar surface area (TPSA) is 78.6 Å². The van der Waals surface area contributed by atoms with E-state index in [1.807, 2.05) is 7.05 Å². The Kier molecular flexibility index (Phi) is 4.49. The standard InChI is InChI=1S/C15H21N3O2S/c1-10-4-3-5-11(12(10)19)13(20)17-15(14(16)21)6-8-18(2)9-7-15/h3-5,19H,6-9H2,1-2H3,(H2,16,21)(H,17,20). The van der Waals surface area contributed by atoms with Crippen molar-refractivity contribution in [1.82, 2.24) is 10.2 Å². The lowest BCUT2D eigenvalue weighted by Crippen LogP contribution is -2.61. The molecule has 6 heteroatoms. The molecule has 1 amide bonds. The Morgan fingerprint density at radius 2 is 2.05 bits per heavy atom. The molecule has 1 heterocycles. The van der Waals surface area contributed by atoms with Crippen LogP contribution in [0.5, 0.6) is 5.75 Å². The van der Waals surface area contributed by atoms with E-state index in [1.165, 1.54) is 0 Å². The summed E-state index contributed by atoms with van der Waals surface area (Å²) < 4.78 is 0. The van der Waals surface area contributed by atoms with Crippen molar-refractivity contribution in [2.24, 2.45) is 5.73 Å². The molecule has 5 nitrogen and oxygen atoms in total. The Morgan fingerprint density at radius 3 is 2.62 bits per heavy atom. The van der Waals surface area contributed by atoms with Gasteiger partial charge in [0.1, 0.15) is 5.75 Å². The fraction of sp³-hybridized carbons (Fsp3) is 0.467. The summed E-state index contributed by atoms with van der Waals surface area (Å²) in [5.74, 6) is -0.338. The minimum atomic E-state index is -0.672. The first-order chi connectivity index (χ1) is 9.85. The molecule has 0 bridgehead atoms. The maximum Gasteiger partial charge on any atom is 0.255 e. The Bertz CT molecular complexity index is 566. The highest BCUT2D eigenvalue weighted by Gasteiger charge is 2.38. The van der Waals surface area contributed by atoms with Crippen LogP contribution in [0.4, 0.5) is 0 Å². The third-order valence-corrected chi connectivity index (χ3v) is 4.54. The molecule has 2 rings (SSSR count). The van der Waals surface area contributed by atoms with Gasteiger partial charge < -0.3 is 21.1 Å². The van der Waals surface area contributed by atoms with Crippen molar-refractivity contribution < 1.29 is 9.90 Å². The van der Waals surface area contributed by atoms with Crippen molar-refractivity contribution in [1.29, 1.82) is 0 Å². The predicted octanol–water partition coefficient (Wildman–Crippen LogP) is 1.18. The summed E-state index contributed by atoms with van der Waals surface area (Å²) in [6.45, 7) is 3.39. The Balaban J connectivity index is 2.23. The number of rotatable bonds is 3. The summed E-state index contributed by atoms with van der Waals surface area (Å²) in [5, 5.41) is 13.0. The van der Waals surface area contributed by atoms with Crippen LogP contribution in [0.15, 0.2) is 18.2 Å². The SMILES string of the molecule is Cc1cccc(C(=O)NC2(C(N)=S)CCN(C)CC2)c1O. The first-order valence-corrected chi connectivity index (χ1v) is 7.36. The molecule has 4 N–H and O–H groups in total. The quantitative estimate of drug-likeness (QED) is 0.731. The molecule has 1 aromatic rings. The van der Waals surface area contributed by atoms with Gasteiger partial charge in [0, 0.05) is 13.1 Å². The first-order valence-electron chi connectivity index (χ1n) is 6.95. The fourth-order valence-corrected chi connectivity index (χ4v) is 2.82. The smallest absolute Gasteiger partial charge is 0.255 e. The molecule has 1 aromatic carbocycles. The van der Waals surface area contributed by atoms with Gasteiger partial charge in [-0.1, -0.05) is 24.4 Å². The van der Waals surface area contributed by atoms with Gasteiger partial charge in [0.05, 0.1) is 16.1 Å². The van der Waals surface area contributed by atoms with E-state index in [0.717, 1.165) is 13.1 Å². The number of thiocarbonyl (C=S) groups is 1. The highest BCUT2D eigenvalue weighted by atomic mass is 32.1. The molecule has 1 fully saturated rings. The molecular weight excluding hydrogens is 286 g/mol. The Morgan fingerprint density at radius 1 is 1.43 bits per heavy atom. The number of amides is 1. The van der Waals surface area contributed by atoms with E-state index in [4.69, 9.17) is 18.0 Å². The molecule has 0 radical (unpaired) electrons. The van der Waals surface area contributed by atoms with E-state index < -0.39 is 5.54 Å². The second-order valence-corrected chi connectivity index (χ2v) is 6.11. The van der Waals surface area contributed by atoms with E-state index in [-0.39, 0.29) is 17.2 Å². The largest absolute Gasteiger partial charge is 0.507 e. The molecule has 0 unspecified atom stereocenters. The van der Waals surface area contributed by atoms with Crippen LogP contribution < -0.4 is 11.1 Å². The normalized spacial score (nSPS) is 18.2. The Labute approximate surface area is 130 Å². The van der Waals surface area contributed by atoms with Crippen molar-refractivity contribution >= 4 is 23.1 Å². The number of hydrogen-bond acceptors (Lipinski definition) is 4. The number of aromatic hydroxyl groups is 1. The third-order valence-electron chi connectivity index (χ3n) is 4.15. The number of phenols is 1. The summed E-state index contributed by atoms with van der Waals surface area (Å²) in [4.78, 5) is 15.0. The second kappa shape index (κ2) is 5.99. The van der Waals surface area contributed by atoms with Crippen LogP contribution in [0.1, 0.15) is 28.8 Å². The molecule has 1 aliphatic rings. The van der Waals surface area contributed by atoms with Gasteiger partial charge in [-0.25, -0.2) is 0 Å². The molecular formula is C15H21N3O2S. The van der Waals surface area contributed by atoms with Gasteiger partial charge >= 0.3 is 0 Å². The number of carbonyl (C=O) groups is 1.